The summed E-state index contributed by atoms with van der Waals surface area (Å²) in [5.41, 5.74) is 6.03. The second-order valence-corrected chi connectivity index (χ2v) is 4.88. The third-order valence-corrected chi connectivity index (χ3v) is 3.46. The van der Waals surface area contributed by atoms with Crippen molar-refractivity contribution in [2.45, 2.75) is 5.03 Å². The fraction of sp³-hybridized carbons (Fsp3) is 0.167. The van der Waals surface area contributed by atoms with E-state index in [2.05, 4.69) is 15.3 Å². The molecule has 2 aromatic heterocycles. The summed E-state index contributed by atoms with van der Waals surface area (Å²) in [6.07, 6.45) is 4.69. The third kappa shape index (κ3) is 3.35. The summed E-state index contributed by atoms with van der Waals surface area (Å²) in [5, 5.41) is 2.77. The topological polar surface area (TPSA) is 103 Å². The van der Waals surface area contributed by atoms with Gasteiger partial charge in [-0.1, -0.05) is 11.8 Å². The van der Waals surface area contributed by atoms with E-state index in [1.807, 2.05) is 0 Å². The number of imide groups is 1. The van der Waals surface area contributed by atoms with Gasteiger partial charge < -0.3 is 10.3 Å². The van der Waals surface area contributed by atoms with Crippen molar-refractivity contribution in [3.05, 3.63) is 36.4 Å². The predicted octanol–water partition coefficient (Wildman–Crippen LogP) is 0.446. The van der Waals surface area contributed by atoms with Crippen molar-refractivity contribution in [3.63, 3.8) is 0 Å². The van der Waals surface area contributed by atoms with E-state index in [1.165, 1.54) is 12.4 Å². The van der Waals surface area contributed by atoms with Crippen molar-refractivity contribution in [2.24, 2.45) is 7.05 Å². The van der Waals surface area contributed by atoms with Crippen LogP contribution < -0.4 is 11.1 Å². The molecule has 0 atom stereocenters. The summed E-state index contributed by atoms with van der Waals surface area (Å²) in [6.45, 7) is 0. The molecule has 0 spiro atoms. The number of carbonyl (C=O) groups excluding carboxylic acids is 2. The van der Waals surface area contributed by atoms with Crippen molar-refractivity contribution in [1.29, 1.82) is 0 Å². The van der Waals surface area contributed by atoms with Crippen LogP contribution >= 0.6 is 11.8 Å². The lowest BCUT2D eigenvalue weighted by atomic mass is 10.4. The van der Waals surface area contributed by atoms with Gasteiger partial charge in [0.05, 0.1) is 5.75 Å². The van der Waals surface area contributed by atoms with E-state index in [-0.39, 0.29) is 11.6 Å². The van der Waals surface area contributed by atoms with Crippen LogP contribution in [0, 0.1) is 0 Å². The van der Waals surface area contributed by atoms with E-state index in [0.717, 1.165) is 11.8 Å². The number of aryl methyl sites for hydroxylation is 1. The lowest BCUT2D eigenvalue weighted by molar-refractivity contribution is -0.117. The average molecular weight is 291 g/mol. The number of hydrogen-bond donors (Lipinski definition) is 2. The Kier molecular flexibility index (Phi) is 4.36. The summed E-state index contributed by atoms with van der Waals surface area (Å²) in [6, 6.07) is 3.37. The Bertz CT molecular complexity index is 640. The fourth-order valence-electron chi connectivity index (χ4n) is 1.50. The van der Waals surface area contributed by atoms with Gasteiger partial charge in [0.1, 0.15) is 10.7 Å². The van der Waals surface area contributed by atoms with E-state index < -0.39 is 11.8 Å². The molecule has 0 aliphatic heterocycles. The quantitative estimate of drug-likeness (QED) is 0.793. The monoisotopic (exact) mass is 291 g/mol. The number of nitrogen functional groups attached to an aromatic ring is 1. The summed E-state index contributed by atoms with van der Waals surface area (Å²) in [4.78, 5) is 31.4. The first-order valence-corrected chi connectivity index (χ1v) is 6.71. The summed E-state index contributed by atoms with van der Waals surface area (Å²) in [7, 11) is 1.73. The molecule has 2 aromatic rings. The van der Waals surface area contributed by atoms with E-state index in [4.69, 9.17) is 5.73 Å². The highest BCUT2D eigenvalue weighted by Gasteiger charge is 2.13. The Labute approximate surface area is 119 Å². The van der Waals surface area contributed by atoms with E-state index in [0.29, 0.717) is 10.7 Å². The van der Waals surface area contributed by atoms with Gasteiger partial charge in [-0.2, -0.15) is 0 Å². The Hall–Kier alpha value is -2.35. The molecule has 7 nitrogen and oxygen atoms in total. The van der Waals surface area contributed by atoms with Crippen molar-refractivity contribution < 1.29 is 9.59 Å². The van der Waals surface area contributed by atoms with Crippen LogP contribution in [0.4, 0.5) is 5.82 Å². The molecule has 20 heavy (non-hydrogen) atoms. The number of hydrogen-bond acceptors (Lipinski definition) is 6. The zero-order valence-electron chi connectivity index (χ0n) is 10.7. The zero-order valence-corrected chi connectivity index (χ0v) is 11.6. The van der Waals surface area contributed by atoms with Crippen molar-refractivity contribution in [2.75, 3.05) is 11.5 Å². The van der Waals surface area contributed by atoms with Gasteiger partial charge in [-0.3, -0.25) is 14.9 Å². The Morgan fingerprint density at radius 2 is 2.15 bits per heavy atom. The maximum atomic E-state index is 11.8. The van der Waals surface area contributed by atoms with E-state index in [9.17, 15) is 9.59 Å². The normalized spacial score (nSPS) is 10.2. The number of carbonyl (C=O) groups is 2. The van der Waals surface area contributed by atoms with Gasteiger partial charge >= 0.3 is 0 Å². The van der Waals surface area contributed by atoms with Crippen LogP contribution in [0.15, 0.2) is 35.7 Å². The van der Waals surface area contributed by atoms with Gasteiger partial charge in [0.15, 0.2) is 5.82 Å². The number of thioether (sulfide) groups is 1. The molecule has 0 aliphatic carbocycles. The van der Waals surface area contributed by atoms with Crippen molar-refractivity contribution in [3.8, 4) is 0 Å². The molecule has 2 rings (SSSR count). The number of nitrogens with one attached hydrogen (secondary N) is 1. The highest BCUT2D eigenvalue weighted by Crippen LogP contribution is 2.18. The Balaban J connectivity index is 1.89. The highest BCUT2D eigenvalue weighted by atomic mass is 32.2. The number of rotatable bonds is 4. The molecular weight excluding hydrogens is 278 g/mol. The van der Waals surface area contributed by atoms with Crippen LogP contribution in [0.1, 0.15) is 10.5 Å². The van der Waals surface area contributed by atoms with Crippen LogP contribution in [0.3, 0.4) is 0 Å². The molecule has 0 saturated carbocycles. The van der Waals surface area contributed by atoms with Crippen LogP contribution in [0.5, 0.6) is 0 Å². The van der Waals surface area contributed by atoms with Gasteiger partial charge in [-0.05, 0) is 12.1 Å². The van der Waals surface area contributed by atoms with Crippen LogP contribution in [0.2, 0.25) is 0 Å². The molecule has 8 heteroatoms. The molecule has 0 aromatic carbocycles. The summed E-state index contributed by atoms with van der Waals surface area (Å²) < 4.78 is 1.64. The lowest BCUT2D eigenvalue weighted by Crippen LogP contribution is -2.33. The van der Waals surface area contributed by atoms with Crippen LogP contribution in [-0.2, 0) is 11.8 Å². The molecule has 3 N–H and O–H groups in total. The van der Waals surface area contributed by atoms with Crippen molar-refractivity contribution in [1.82, 2.24) is 19.9 Å². The molecular formula is C12H13N5O2S. The zero-order chi connectivity index (χ0) is 14.5. The SMILES string of the molecule is Cn1cccc1C(=O)NC(=O)CSc1nccnc1N. The van der Waals surface area contributed by atoms with Gasteiger partial charge in [-0.15, -0.1) is 0 Å². The summed E-state index contributed by atoms with van der Waals surface area (Å²) in [5.74, 6) is -0.542. The first kappa shape index (κ1) is 14.1. The van der Waals surface area contributed by atoms with Gasteiger partial charge in [0, 0.05) is 25.6 Å². The number of amides is 2. The summed E-state index contributed by atoms with van der Waals surface area (Å²) >= 11 is 1.13. The molecule has 2 amide bonds. The maximum absolute atomic E-state index is 11.8. The van der Waals surface area contributed by atoms with Gasteiger partial charge in [0.25, 0.3) is 5.91 Å². The molecule has 2 heterocycles. The van der Waals surface area contributed by atoms with Gasteiger partial charge in [-0.25, -0.2) is 9.97 Å². The molecule has 104 valence electrons. The Morgan fingerprint density at radius 3 is 2.80 bits per heavy atom. The van der Waals surface area contributed by atoms with E-state index >= 15 is 0 Å². The first-order chi connectivity index (χ1) is 9.58. The average Bonchev–Trinajstić information content (AvgIpc) is 2.84. The number of nitrogens with zero attached hydrogens (tertiary/aromatic N) is 3. The lowest BCUT2D eigenvalue weighted by Gasteiger charge is -2.05. The second kappa shape index (κ2) is 6.20. The highest BCUT2D eigenvalue weighted by molar-refractivity contribution is 8.00. The predicted molar refractivity (Wildman–Crippen MR) is 75.1 cm³/mol. The number of anilines is 1. The number of nitrogens with two attached hydrogens (primary N) is 1. The maximum Gasteiger partial charge on any atom is 0.274 e. The van der Waals surface area contributed by atoms with Gasteiger partial charge in [0.2, 0.25) is 5.91 Å². The van der Waals surface area contributed by atoms with Crippen LogP contribution in [-0.4, -0.2) is 32.1 Å². The molecule has 0 saturated heterocycles. The third-order valence-electron chi connectivity index (χ3n) is 2.46. The number of aromatic nitrogens is 3. The fourth-order valence-corrected chi connectivity index (χ4v) is 2.18. The standard InChI is InChI=1S/C12H13N5O2S/c1-17-6-2-3-8(17)11(19)16-9(18)7-20-12-10(13)14-4-5-15-12/h2-6H,7H2,1H3,(H2,13,14)(H,16,18,19). The molecule has 0 radical (unpaired) electrons. The minimum Gasteiger partial charge on any atom is -0.381 e. The van der Waals surface area contributed by atoms with Crippen LogP contribution in [0.25, 0.3) is 0 Å². The minimum atomic E-state index is -0.435. The van der Waals surface area contributed by atoms with E-state index in [1.54, 1.807) is 29.9 Å². The molecule has 0 aliphatic rings. The Morgan fingerprint density at radius 1 is 1.40 bits per heavy atom. The minimum absolute atomic E-state index is 0.0407. The first-order valence-electron chi connectivity index (χ1n) is 5.72. The smallest absolute Gasteiger partial charge is 0.274 e. The largest absolute Gasteiger partial charge is 0.381 e. The second-order valence-electron chi connectivity index (χ2n) is 3.92. The van der Waals surface area contributed by atoms with Crippen molar-refractivity contribution >= 4 is 29.4 Å². The molecule has 0 fully saturated rings. The molecule has 0 unspecified atom stereocenters. The molecule has 0 bridgehead atoms.